The smallest absolute Gasteiger partial charge is 0.141 e. The molecule has 0 aliphatic rings. The molecule has 1 N–H and O–H groups in total. The molecule has 2 atom stereocenters. The van der Waals surface area contributed by atoms with Gasteiger partial charge in [0, 0.05) is 12.5 Å². The molecular weight excluding hydrogens is 259 g/mol. The van der Waals surface area contributed by atoms with Crippen molar-refractivity contribution in [2.75, 3.05) is 13.6 Å². The Morgan fingerprint density at radius 2 is 2.20 bits per heavy atom. The van der Waals surface area contributed by atoms with Crippen LogP contribution in [0.15, 0.2) is 41.1 Å². The average Bonchev–Trinajstić information content (AvgIpc) is 2.91. The lowest BCUT2D eigenvalue weighted by Crippen LogP contribution is -2.27. The molecule has 4 nitrogen and oxygen atoms in total. The van der Waals surface area contributed by atoms with Crippen LogP contribution in [0.3, 0.4) is 0 Å². The van der Waals surface area contributed by atoms with Crippen molar-refractivity contribution >= 4 is 0 Å². The first-order valence-corrected chi connectivity index (χ1v) is 6.56. The summed E-state index contributed by atoms with van der Waals surface area (Å²) in [5.74, 6) is 0.463. The fourth-order valence-electron chi connectivity index (χ4n) is 2.18. The van der Waals surface area contributed by atoms with Crippen molar-refractivity contribution < 1.29 is 13.9 Å². The van der Waals surface area contributed by atoms with Crippen LogP contribution in [0, 0.1) is 11.7 Å². The second-order valence-electron chi connectivity index (χ2n) is 5.10. The largest absolute Gasteiger partial charge is 0.468 e. The van der Waals surface area contributed by atoms with E-state index >= 15 is 0 Å². The molecule has 0 aromatic carbocycles. The van der Waals surface area contributed by atoms with Crippen molar-refractivity contribution in [2.24, 2.45) is 5.92 Å². The Balaban J connectivity index is 1.90. The number of hydrogen-bond acceptors (Lipinski definition) is 4. The van der Waals surface area contributed by atoms with E-state index in [1.54, 1.807) is 6.26 Å². The summed E-state index contributed by atoms with van der Waals surface area (Å²) in [5, 5.41) is 10.2. The van der Waals surface area contributed by atoms with Gasteiger partial charge in [0.15, 0.2) is 0 Å². The number of pyridine rings is 1. The summed E-state index contributed by atoms with van der Waals surface area (Å²) in [6, 6.07) is 6.59. The van der Waals surface area contributed by atoms with E-state index in [0.717, 1.165) is 12.0 Å². The van der Waals surface area contributed by atoms with Crippen molar-refractivity contribution in [2.45, 2.75) is 19.6 Å². The van der Waals surface area contributed by atoms with Gasteiger partial charge in [0.1, 0.15) is 11.6 Å². The summed E-state index contributed by atoms with van der Waals surface area (Å²) in [4.78, 5) is 5.99. The lowest BCUT2D eigenvalue weighted by atomic mass is 10.0. The minimum absolute atomic E-state index is 0.0204. The first-order chi connectivity index (χ1) is 9.56. The van der Waals surface area contributed by atoms with E-state index in [0.29, 0.717) is 18.8 Å². The third-order valence-corrected chi connectivity index (χ3v) is 3.20. The van der Waals surface area contributed by atoms with Gasteiger partial charge < -0.3 is 9.52 Å². The number of nitrogens with zero attached hydrogens (tertiary/aromatic N) is 2. The molecule has 0 aliphatic heterocycles. The molecule has 0 amide bonds. The molecule has 0 saturated heterocycles. The fourth-order valence-corrected chi connectivity index (χ4v) is 2.18. The Labute approximate surface area is 117 Å². The summed E-state index contributed by atoms with van der Waals surface area (Å²) < 4.78 is 18.1. The summed E-state index contributed by atoms with van der Waals surface area (Å²) in [7, 11) is 1.96. The molecule has 0 aliphatic carbocycles. The fraction of sp³-hybridized carbons (Fsp3) is 0.400. The van der Waals surface area contributed by atoms with Crippen LogP contribution >= 0.6 is 0 Å². The predicted octanol–water partition coefficient (Wildman–Crippen LogP) is 2.62. The van der Waals surface area contributed by atoms with Crippen LogP contribution in [-0.4, -0.2) is 28.6 Å². The topological polar surface area (TPSA) is 49.5 Å². The minimum atomic E-state index is -0.713. The molecule has 2 aromatic heterocycles. The van der Waals surface area contributed by atoms with Gasteiger partial charge in [-0.05, 0) is 31.3 Å². The van der Waals surface area contributed by atoms with Gasteiger partial charge in [0.05, 0.1) is 30.8 Å². The van der Waals surface area contributed by atoms with Crippen molar-refractivity contribution in [3.05, 3.63) is 54.0 Å². The minimum Gasteiger partial charge on any atom is -0.468 e. The zero-order chi connectivity index (χ0) is 14.5. The van der Waals surface area contributed by atoms with Crippen LogP contribution in [0.5, 0.6) is 0 Å². The molecule has 108 valence electrons. The first-order valence-electron chi connectivity index (χ1n) is 6.56. The van der Waals surface area contributed by atoms with Crippen LogP contribution < -0.4 is 0 Å². The Kier molecular flexibility index (Phi) is 4.87. The molecule has 0 bridgehead atoms. The van der Waals surface area contributed by atoms with Gasteiger partial charge in [-0.1, -0.05) is 6.92 Å². The average molecular weight is 278 g/mol. The molecule has 0 spiro atoms. The Morgan fingerprint density at radius 1 is 1.40 bits per heavy atom. The molecule has 0 fully saturated rings. The Hall–Kier alpha value is -1.72. The molecule has 2 aromatic rings. The number of aliphatic hydroxyl groups excluding tert-OH is 1. The van der Waals surface area contributed by atoms with Crippen molar-refractivity contribution in [3.8, 4) is 0 Å². The van der Waals surface area contributed by atoms with Crippen LogP contribution in [0.2, 0.25) is 0 Å². The van der Waals surface area contributed by atoms with Crippen LogP contribution in [-0.2, 0) is 6.54 Å². The zero-order valence-corrected chi connectivity index (χ0v) is 11.7. The van der Waals surface area contributed by atoms with E-state index < -0.39 is 11.9 Å². The van der Waals surface area contributed by atoms with E-state index in [1.807, 2.05) is 26.1 Å². The summed E-state index contributed by atoms with van der Waals surface area (Å²) in [5.41, 5.74) is 0.491. The maximum Gasteiger partial charge on any atom is 0.141 e. The van der Waals surface area contributed by atoms with Crippen LogP contribution in [0.4, 0.5) is 4.39 Å². The molecule has 0 saturated carbocycles. The van der Waals surface area contributed by atoms with Gasteiger partial charge in [-0.25, -0.2) is 4.39 Å². The van der Waals surface area contributed by atoms with Crippen molar-refractivity contribution in [3.63, 3.8) is 0 Å². The van der Waals surface area contributed by atoms with E-state index in [9.17, 15) is 9.50 Å². The van der Waals surface area contributed by atoms with Gasteiger partial charge in [0.2, 0.25) is 0 Å². The molecule has 0 radical (unpaired) electrons. The lowest BCUT2D eigenvalue weighted by molar-refractivity contribution is 0.0880. The molecule has 2 unspecified atom stereocenters. The zero-order valence-electron chi connectivity index (χ0n) is 11.7. The van der Waals surface area contributed by atoms with E-state index in [2.05, 4.69) is 9.88 Å². The van der Waals surface area contributed by atoms with Gasteiger partial charge in [0.25, 0.3) is 0 Å². The monoisotopic (exact) mass is 278 g/mol. The highest BCUT2D eigenvalue weighted by atomic mass is 19.1. The second kappa shape index (κ2) is 6.63. The summed E-state index contributed by atoms with van der Waals surface area (Å²) >= 11 is 0. The van der Waals surface area contributed by atoms with Crippen molar-refractivity contribution in [1.82, 2.24) is 9.88 Å². The van der Waals surface area contributed by atoms with Crippen molar-refractivity contribution in [1.29, 1.82) is 0 Å². The number of halogens is 1. The third-order valence-electron chi connectivity index (χ3n) is 3.20. The quantitative estimate of drug-likeness (QED) is 0.882. The summed E-state index contributed by atoms with van der Waals surface area (Å²) in [6.07, 6.45) is 2.05. The number of aromatic nitrogens is 1. The number of furan rings is 1. The van der Waals surface area contributed by atoms with Gasteiger partial charge in [-0.3, -0.25) is 9.88 Å². The second-order valence-corrected chi connectivity index (χ2v) is 5.10. The van der Waals surface area contributed by atoms with E-state index in [1.165, 1.54) is 12.1 Å². The van der Waals surface area contributed by atoms with E-state index in [-0.39, 0.29) is 5.92 Å². The highest BCUT2D eigenvalue weighted by molar-refractivity contribution is 5.09. The van der Waals surface area contributed by atoms with E-state index in [4.69, 9.17) is 4.42 Å². The third kappa shape index (κ3) is 3.88. The Morgan fingerprint density at radius 3 is 2.80 bits per heavy atom. The van der Waals surface area contributed by atoms with Gasteiger partial charge >= 0.3 is 0 Å². The number of rotatable bonds is 6. The maximum atomic E-state index is 12.8. The standard InChI is InChI=1S/C15H19FN2O2/c1-11(9-18(2)10-13-4-3-7-20-13)15(19)14-6-5-12(16)8-17-14/h3-8,11,15,19H,9-10H2,1-2H3. The SMILES string of the molecule is CC(CN(C)Cc1ccco1)C(O)c1ccc(F)cn1. The lowest BCUT2D eigenvalue weighted by Gasteiger charge is -2.24. The molecule has 2 rings (SSSR count). The van der Waals surface area contributed by atoms with Gasteiger partial charge in [-0.15, -0.1) is 0 Å². The molecular formula is C15H19FN2O2. The highest BCUT2D eigenvalue weighted by Gasteiger charge is 2.19. The van der Waals surface area contributed by atoms with Crippen LogP contribution in [0.25, 0.3) is 0 Å². The number of hydrogen-bond donors (Lipinski definition) is 1. The maximum absolute atomic E-state index is 12.8. The van der Waals surface area contributed by atoms with Crippen LogP contribution in [0.1, 0.15) is 24.5 Å². The highest BCUT2D eigenvalue weighted by Crippen LogP contribution is 2.21. The normalized spacial score (nSPS) is 14.4. The molecule has 5 heteroatoms. The molecule has 2 heterocycles. The summed E-state index contributed by atoms with van der Waals surface area (Å²) in [6.45, 7) is 3.30. The Bertz CT molecular complexity index is 513. The molecule has 20 heavy (non-hydrogen) atoms. The van der Waals surface area contributed by atoms with Gasteiger partial charge in [-0.2, -0.15) is 0 Å². The number of aliphatic hydroxyl groups is 1. The first kappa shape index (κ1) is 14.7. The predicted molar refractivity (Wildman–Crippen MR) is 73.4 cm³/mol.